The fourth-order valence-corrected chi connectivity index (χ4v) is 2.03. The summed E-state index contributed by atoms with van der Waals surface area (Å²) in [6.07, 6.45) is 2.77. The molecule has 2 aliphatic rings. The standard InChI is InChI=1S/C9H9ClN2O/c10-8-1-7-6(3-12-8)2-9(13-7)4-11-5-9/h1,3,11H,2,4-5H2. The molecule has 1 aromatic rings. The Kier molecular flexibility index (Phi) is 1.38. The number of hydrogen-bond acceptors (Lipinski definition) is 3. The van der Waals surface area contributed by atoms with Crippen molar-refractivity contribution in [1.82, 2.24) is 10.3 Å². The lowest BCUT2D eigenvalue weighted by Crippen LogP contribution is -2.62. The van der Waals surface area contributed by atoms with E-state index < -0.39 is 0 Å². The minimum Gasteiger partial charge on any atom is -0.484 e. The molecule has 3 nitrogen and oxygen atoms in total. The summed E-state index contributed by atoms with van der Waals surface area (Å²) in [4.78, 5) is 4.04. The molecule has 0 saturated carbocycles. The highest BCUT2D eigenvalue weighted by Gasteiger charge is 2.44. The zero-order chi connectivity index (χ0) is 8.89. The van der Waals surface area contributed by atoms with Crippen LogP contribution in [-0.4, -0.2) is 23.7 Å². The third-order valence-corrected chi connectivity index (χ3v) is 2.85. The minimum absolute atomic E-state index is 0.00863. The van der Waals surface area contributed by atoms with E-state index >= 15 is 0 Å². The number of pyridine rings is 1. The molecule has 0 bridgehead atoms. The van der Waals surface area contributed by atoms with Gasteiger partial charge in [0.05, 0.1) is 0 Å². The van der Waals surface area contributed by atoms with Crippen LogP contribution in [0.2, 0.25) is 5.15 Å². The quantitative estimate of drug-likeness (QED) is 0.629. The van der Waals surface area contributed by atoms with Gasteiger partial charge in [0, 0.05) is 37.3 Å². The highest BCUT2D eigenvalue weighted by molar-refractivity contribution is 6.29. The Balaban J connectivity index is 1.99. The summed E-state index contributed by atoms with van der Waals surface area (Å²) in [6, 6.07) is 1.80. The van der Waals surface area contributed by atoms with E-state index in [2.05, 4.69) is 10.3 Å². The Morgan fingerprint density at radius 3 is 3.08 bits per heavy atom. The van der Waals surface area contributed by atoms with E-state index in [4.69, 9.17) is 16.3 Å². The summed E-state index contributed by atoms with van der Waals surface area (Å²) in [5.41, 5.74) is 1.18. The molecule has 1 N–H and O–H groups in total. The number of nitrogens with one attached hydrogen (secondary N) is 1. The zero-order valence-corrected chi connectivity index (χ0v) is 7.77. The molecule has 0 radical (unpaired) electrons. The molecule has 4 heteroatoms. The summed E-state index contributed by atoms with van der Waals surface area (Å²) in [7, 11) is 0. The fourth-order valence-electron chi connectivity index (χ4n) is 1.89. The van der Waals surface area contributed by atoms with Crippen LogP contribution in [0, 0.1) is 0 Å². The van der Waals surface area contributed by atoms with Gasteiger partial charge in [0.2, 0.25) is 0 Å². The molecule has 1 aromatic heterocycles. The fraction of sp³-hybridized carbons (Fsp3) is 0.444. The monoisotopic (exact) mass is 196 g/mol. The normalized spacial score (nSPS) is 22.2. The summed E-state index contributed by atoms with van der Waals surface area (Å²) < 4.78 is 5.82. The van der Waals surface area contributed by atoms with Gasteiger partial charge >= 0.3 is 0 Å². The lowest BCUT2D eigenvalue weighted by molar-refractivity contribution is 0.0386. The van der Waals surface area contributed by atoms with Gasteiger partial charge in [0.1, 0.15) is 16.5 Å². The van der Waals surface area contributed by atoms with Gasteiger partial charge in [-0.3, -0.25) is 0 Å². The maximum absolute atomic E-state index is 5.82. The number of rotatable bonds is 0. The SMILES string of the molecule is Clc1cc2c(cn1)CC1(CNC1)O2. The van der Waals surface area contributed by atoms with Gasteiger partial charge in [-0.1, -0.05) is 11.6 Å². The third-order valence-electron chi connectivity index (χ3n) is 2.64. The second-order valence-electron chi connectivity index (χ2n) is 3.68. The first kappa shape index (κ1) is 7.59. The molecular formula is C9H9ClN2O. The van der Waals surface area contributed by atoms with E-state index in [0.717, 1.165) is 25.3 Å². The second-order valence-corrected chi connectivity index (χ2v) is 4.07. The van der Waals surface area contributed by atoms with Crippen LogP contribution < -0.4 is 10.1 Å². The van der Waals surface area contributed by atoms with Crippen molar-refractivity contribution in [3.8, 4) is 5.75 Å². The van der Waals surface area contributed by atoms with Gasteiger partial charge in [0.15, 0.2) is 0 Å². The molecule has 13 heavy (non-hydrogen) atoms. The van der Waals surface area contributed by atoms with Gasteiger partial charge in [-0.2, -0.15) is 0 Å². The number of aromatic nitrogens is 1. The Hall–Kier alpha value is -0.800. The smallest absolute Gasteiger partial charge is 0.138 e. The van der Waals surface area contributed by atoms with Crippen molar-refractivity contribution in [2.24, 2.45) is 0 Å². The van der Waals surface area contributed by atoms with E-state index in [1.54, 1.807) is 6.07 Å². The predicted octanol–water partition coefficient (Wildman–Crippen LogP) is 1.01. The summed E-state index contributed by atoms with van der Waals surface area (Å²) in [5.74, 6) is 0.904. The summed E-state index contributed by atoms with van der Waals surface area (Å²) >= 11 is 5.77. The van der Waals surface area contributed by atoms with Crippen LogP contribution in [0.25, 0.3) is 0 Å². The molecule has 2 aliphatic heterocycles. The van der Waals surface area contributed by atoms with Gasteiger partial charge in [-0.25, -0.2) is 4.98 Å². The first-order valence-electron chi connectivity index (χ1n) is 4.32. The first-order valence-corrected chi connectivity index (χ1v) is 4.69. The van der Waals surface area contributed by atoms with E-state index in [9.17, 15) is 0 Å². The third kappa shape index (κ3) is 1.04. The van der Waals surface area contributed by atoms with Crippen LogP contribution in [0.3, 0.4) is 0 Å². The van der Waals surface area contributed by atoms with E-state index in [-0.39, 0.29) is 5.60 Å². The summed E-state index contributed by atoms with van der Waals surface area (Å²) in [5, 5.41) is 3.72. The van der Waals surface area contributed by atoms with Gasteiger partial charge < -0.3 is 10.1 Å². The minimum atomic E-state index is 0.00863. The van der Waals surface area contributed by atoms with Crippen molar-refractivity contribution in [3.63, 3.8) is 0 Å². The molecule has 1 spiro atoms. The molecule has 0 amide bonds. The van der Waals surface area contributed by atoms with Crippen LogP contribution in [0.15, 0.2) is 12.3 Å². The average molecular weight is 197 g/mol. The average Bonchev–Trinajstić information content (AvgIpc) is 2.41. The molecule has 1 fully saturated rings. The van der Waals surface area contributed by atoms with Crippen LogP contribution in [0.5, 0.6) is 5.75 Å². The molecule has 3 heterocycles. The predicted molar refractivity (Wildman–Crippen MR) is 49.2 cm³/mol. The van der Waals surface area contributed by atoms with E-state index in [0.29, 0.717) is 5.15 Å². The van der Waals surface area contributed by atoms with E-state index in [1.807, 2.05) is 6.20 Å². The highest BCUT2D eigenvalue weighted by atomic mass is 35.5. The van der Waals surface area contributed by atoms with Crippen LogP contribution in [-0.2, 0) is 6.42 Å². The number of ether oxygens (including phenoxy) is 1. The van der Waals surface area contributed by atoms with Crippen LogP contribution in [0.4, 0.5) is 0 Å². The van der Waals surface area contributed by atoms with Gasteiger partial charge in [-0.05, 0) is 0 Å². The lowest BCUT2D eigenvalue weighted by Gasteiger charge is -2.38. The lowest BCUT2D eigenvalue weighted by atomic mass is 9.92. The molecule has 0 aliphatic carbocycles. The van der Waals surface area contributed by atoms with Crippen LogP contribution >= 0.6 is 11.6 Å². The molecule has 0 atom stereocenters. The molecule has 1 saturated heterocycles. The van der Waals surface area contributed by atoms with Crippen molar-refractivity contribution in [2.75, 3.05) is 13.1 Å². The molecular weight excluding hydrogens is 188 g/mol. The largest absolute Gasteiger partial charge is 0.484 e. The first-order chi connectivity index (χ1) is 6.27. The zero-order valence-electron chi connectivity index (χ0n) is 7.01. The van der Waals surface area contributed by atoms with Crippen LogP contribution in [0.1, 0.15) is 5.56 Å². The van der Waals surface area contributed by atoms with Crippen molar-refractivity contribution in [1.29, 1.82) is 0 Å². The maximum Gasteiger partial charge on any atom is 0.138 e. The molecule has 0 aromatic carbocycles. The molecule has 68 valence electrons. The number of nitrogens with zero attached hydrogens (tertiary/aromatic N) is 1. The maximum atomic E-state index is 5.82. The number of hydrogen-bond donors (Lipinski definition) is 1. The molecule has 3 rings (SSSR count). The van der Waals surface area contributed by atoms with Gasteiger partial charge in [0.25, 0.3) is 0 Å². The number of halogens is 1. The topological polar surface area (TPSA) is 34.2 Å². The second kappa shape index (κ2) is 2.36. The molecule has 0 unspecified atom stereocenters. The Morgan fingerprint density at radius 2 is 2.38 bits per heavy atom. The summed E-state index contributed by atoms with van der Waals surface area (Å²) in [6.45, 7) is 1.86. The Labute approximate surface area is 81.1 Å². The van der Waals surface area contributed by atoms with Crippen molar-refractivity contribution >= 4 is 11.6 Å². The number of fused-ring (bicyclic) bond motifs is 1. The van der Waals surface area contributed by atoms with Crippen molar-refractivity contribution in [3.05, 3.63) is 23.0 Å². The van der Waals surface area contributed by atoms with E-state index in [1.165, 1.54) is 5.56 Å². The highest BCUT2D eigenvalue weighted by Crippen LogP contribution is 2.37. The van der Waals surface area contributed by atoms with Gasteiger partial charge in [-0.15, -0.1) is 0 Å². The van der Waals surface area contributed by atoms with Crippen molar-refractivity contribution in [2.45, 2.75) is 12.0 Å². The Bertz CT molecular complexity index is 363. The Morgan fingerprint density at radius 1 is 1.54 bits per heavy atom. The van der Waals surface area contributed by atoms with Crippen molar-refractivity contribution < 1.29 is 4.74 Å².